The number of hydrogen-bond donors (Lipinski definition) is 2. The van der Waals surface area contributed by atoms with Gasteiger partial charge in [-0.3, -0.25) is 3.97 Å². The SMILES string of the molecule is CNCc1cc(-c2ccccc2F)n(S(=O)c2cccc(N)c2)c1. The first-order valence-corrected chi connectivity index (χ1v) is 8.59. The van der Waals surface area contributed by atoms with E-state index >= 15 is 0 Å². The number of nitrogens with zero attached hydrogens (tertiary/aromatic N) is 1. The molecule has 6 heteroatoms. The number of halogens is 1. The van der Waals surface area contributed by atoms with Gasteiger partial charge < -0.3 is 11.1 Å². The molecule has 1 atom stereocenters. The van der Waals surface area contributed by atoms with Crippen LogP contribution in [0.1, 0.15) is 5.56 Å². The third-order valence-electron chi connectivity index (χ3n) is 3.61. The molecule has 2 aromatic carbocycles. The zero-order valence-corrected chi connectivity index (χ0v) is 14.0. The summed E-state index contributed by atoms with van der Waals surface area (Å²) in [7, 11) is 0.310. The van der Waals surface area contributed by atoms with Crippen LogP contribution >= 0.6 is 0 Å². The number of benzene rings is 2. The van der Waals surface area contributed by atoms with E-state index in [9.17, 15) is 8.60 Å². The predicted molar refractivity (Wildman–Crippen MR) is 95.3 cm³/mol. The van der Waals surface area contributed by atoms with E-state index in [2.05, 4.69) is 5.32 Å². The summed E-state index contributed by atoms with van der Waals surface area (Å²) in [6.07, 6.45) is 1.78. The normalized spacial score (nSPS) is 12.2. The van der Waals surface area contributed by atoms with Crippen molar-refractivity contribution < 1.29 is 8.60 Å². The van der Waals surface area contributed by atoms with E-state index in [4.69, 9.17) is 5.73 Å². The Morgan fingerprint density at radius 1 is 1.17 bits per heavy atom. The van der Waals surface area contributed by atoms with Crippen LogP contribution in [-0.2, 0) is 17.5 Å². The second-order valence-corrected chi connectivity index (χ2v) is 6.75. The minimum atomic E-state index is -1.52. The highest BCUT2D eigenvalue weighted by Gasteiger charge is 2.17. The molecule has 0 aliphatic rings. The second-order valence-electron chi connectivity index (χ2n) is 5.39. The molecule has 0 radical (unpaired) electrons. The number of anilines is 1. The van der Waals surface area contributed by atoms with E-state index in [1.807, 2.05) is 13.1 Å². The number of nitrogen functional groups attached to an aromatic ring is 1. The maximum atomic E-state index is 14.2. The molecular weight excluding hydrogens is 325 g/mol. The molecule has 4 nitrogen and oxygen atoms in total. The molecule has 0 fully saturated rings. The third-order valence-corrected chi connectivity index (χ3v) is 4.93. The van der Waals surface area contributed by atoms with Crippen LogP contribution in [0, 0.1) is 5.82 Å². The van der Waals surface area contributed by atoms with E-state index in [-0.39, 0.29) is 5.82 Å². The molecule has 3 N–H and O–H groups in total. The zero-order chi connectivity index (χ0) is 17.1. The minimum absolute atomic E-state index is 0.350. The van der Waals surface area contributed by atoms with E-state index in [1.54, 1.807) is 52.6 Å². The lowest BCUT2D eigenvalue weighted by atomic mass is 10.1. The van der Waals surface area contributed by atoms with Crippen molar-refractivity contribution in [2.45, 2.75) is 11.4 Å². The lowest BCUT2D eigenvalue weighted by molar-refractivity contribution is 0.630. The molecule has 0 aliphatic carbocycles. The largest absolute Gasteiger partial charge is 0.399 e. The Bertz CT molecular complexity index is 891. The summed E-state index contributed by atoms with van der Waals surface area (Å²) in [5, 5.41) is 3.05. The van der Waals surface area contributed by atoms with Crippen molar-refractivity contribution in [1.82, 2.24) is 9.29 Å². The highest BCUT2D eigenvalue weighted by Crippen LogP contribution is 2.28. The summed E-state index contributed by atoms with van der Waals surface area (Å²) in [5.74, 6) is -0.350. The zero-order valence-electron chi connectivity index (χ0n) is 13.2. The lowest BCUT2D eigenvalue weighted by Crippen LogP contribution is -2.07. The van der Waals surface area contributed by atoms with Gasteiger partial charge in [0, 0.05) is 24.0 Å². The number of hydrogen-bond acceptors (Lipinski definition) is 3. The first-order chi connectivity index (χ1) is 11.6. The van der Waals surface area contributed by atoms with E-state index in [0.29, 0.717) is 28.4 Å². The standard InChI is InChI=1S/C18H18FN3OS/c1-21-11-13-9-18(16-7-2-3-8-17(16)19)22(12-13)24(23)15-6-4-5-14(20)10-15/h2-10,12,21H,11,20H2,1H3. The van der Waals surface area contributed by atoms with Crippen LogP contribution in [0.3, 0.4) is 0 Å². The van der Waals surface area contributed by atoms with Crippen LogP contribution < -0.4 is 11.1 Å². The Labute approximate surface area is 142 Å². The number of nitrogens with two attached hydrogens (primary N) is 1. The van der Waals surface area contributed by atoms with Gasteiger partial charge in [-0.1, -0.05) is 18.2 Å². The Morgan fingerprint density at radius 3 is 2.67 bits per heavy atom. The van der Waals surface area contributed by atoms with Crippen LogP contribution in [-0.4, -0.2) is 15.2 Å². The summed E-state index contributed by atoms with van der Waals surface area (Å²) in [6, 6.07) is 15.2. The number of rotatable bonds is 5. The van der Waals surface area contributed by atoms with Crippen molar-refractivity contribution >= 4 is 16.7 Å². The Hall–Kier alpha value is -2.44. The molecule has 0 saturated carbocycles. The summed E-state index contributed by atoms with van der Waals surface area (Å²) >= 11 is 0. The molecule has 0 aliphatic heterocycles. The van der Waals surface area contributed by atoms with Crippen molar-refractivity contribution in [3.63, 3.8) is 0 Å². The van der Waals surface area contributed by atoms with Gasteiger partial charge in [0.05, 0.1) is 10.6 Å². The average Bonchev–Trinajstić information content (AvgIpc) is 2.98. The van der Waals surface area contributed by atoms with E-state index < -0.39 is 11.0 Å². The summed E-state index contributed by atoms with van der Waals surface area (Å²) in [5.41, 5.74) is 8.23. The van der Waals surface area contributed by atoms with Gasteiger partial charge in [-0.25, -0.2) is 8.60 Å². The smallest absolute Gasteiger partial charge is 0.157 e. The van der Waals surface area contributed by atoms with Gasteiger partial charge in [0.1, 0.15) is 5.82 Å². The molecule has 0 amide bonds. The van der Waals surface area contributed by atoms with Crippen molar-refractivity contribution in [3.8, 4) is 11.3 Å². The molecule has 1 unspecified atom stereocenters. The van der Waals surface area contributed by atoms with Gasteiger partial charge in [-0.15, -0.1) is 0 Å². The third kappa shape index (κ3) is 3.25. The molecule has 124 valence electrons. The average molecular weight is 343 g/mol. The van der Waals surface area contributed by atoms with Gasteiger partial charge in [-0.05, 0) is 49.0 Å². The van der Waals surface area contributed by atoms with Crippen LogP contribution in [0.4, 0.5) is 10.1 Å². The molecule has 3 aromatic rings. The summed E-state index contributed by atoms with van der Waals surface area (Å²) in [4.78, 5) is 0.569. The fourth-order valence-electron chi connectivity index (χ4n) is 2.54. The monoisotopic (exact) mass is 343 g/mol. The number of aromatic nitrogens is 1. The molecule has 0 spiro atoms. The predicted octanol–water partition coefficient (Wildman–Crippen LogP) is 3.17. The first kappa shape index (κ1) is 16.4. The van der Waals surface area contributed by atoms with E-state index in [0.717, 1.165) is 5.56 Å². The van der Waals surface area contributed by atoms with Crippen LogP contribution in [0.25, 0.3) is 11.3 Å². The van der Waals surface area contributed by atoms with Crippen molar-refractivity contribution in [2.75, 3.05) is 12.8 Å². The lowest BCUT2D eigenvalue weighted by Gasteiger charge is -2.10. The molecular formula is C18H18FN3OS. The molecule has 1 heterocycles. The van der Waals surface area contributed by atoms with Crippen LogP contribution in [0.5, 0.6) is 0 Å². The number of nitrogens with one attached hydrogen (secondary N) is 1. The minimum Gasteiger partial charge on any atom is -0.399 e. The second kappa shape index (κ2) is 6.98. The van der Waals surface area contributed by atoms with Gasteiger partial charge in [0.15, 0.2) is 11.0 Å². The van der Waals surface area contributed by atoms with Crippen molar-refractivity contribution in [3.05, 3.63) is 72.2 Å². The summed E-state index contributed by atoms with van der Waals surface area (Å²) < 4.78 is 28.8. The Balaban J connectivity index is 2.13. The van der Waals surface area contributed by atoms with Crippen LogP contribution in [0.15, 0.2) is 65.7 Å². The highest BCUT2D eigenvalue weighted by molar-refractivity contribution is 7.83. The highest BCUT2D eigenvalue weighted by atomic mass is 32.2. The molecule has 0 bridgehead atoms. The first-order valence-electron chi connectivity index (χ1n) is 7.48. The topological polar surface area (TPSA) is 60.0 Å². The van der Waals surface area contributed by atoms with Gasteiger partial charge in [0.2, 0.25) is 0 Å². The molecule has 1 aromatic heterocycles. The van der Waals surface area contributed by atoms with E-state index in [1.165, 1.54) is 6.07 Å². The Morgan fingerprint density at radius 2 is 1.96 bits per heavy atom. The molecule has 3 rings (SSSR count). The molecule has 24 heavy (non-hydrogen) atoms. The quantitative estimate of drug-likeness (QED) is 0.700. The van der Waals surface area contributed by atoms with Crippen molar-refractivity contribution in [1.29, 1.82) is 0 Å². The van der Waals surface area contributed by atoms with Gasteiger partial charge in [0.25, 0.3) is 0 Å². The fourth-order valence-corrected chi connectivity index (χ4v) is 3.76. The molecule has 0 saturated heterocycles. The Kier molecular flexibility index (Phi) is 4.78. The van der Waals surface area contributed by atoms with Crippen LogP contribution in [0.2, 0.25) is 0 Å². The maximum Gasteiger partial charge on any atom is 0.157 e. The van der Waals surface area contributed by atoms with Gasteiger partial charge in [-0.2, -0.15) is 0 Å². The fraction of sp³-hybridized carbons (Fsp3) is 0.111. The summed E-state index contributed by atoms with van der Waals surface area (Å²) in [6.45, 7) is 0.600. The maximum absolute atomic E-state index is 14.2. The van der Waals surface area contributed by atoms with Gasteiger partial charge >= 0.3 is 0 Å². The van der Waals surface area contributed by atoms with Crippen molar-refractivity contribution in [2.24, 2.45) is 0 Å².